The lowest BCUT2D eigenvalue weighted by atomic mass is 9.92. The summed E-state index contributed by atoms with van der Waals surface area (Å²) in [7, 11) is 3.20. The summed E-state index contributed by atoms with van der Waals surface area (Å²) >= 11 is 0. The first kappa shape index (κ1) is 28.6. The van der Waals surface area contributed by atoms with Crippen LogP contribution in [0, 0.1) is 5.41 Å². The monoisotopic (exact) mass is 428 g/mol. The smallest absolute Gasteiger partial charge is 0.0828 e. The lowest BCUT2D eigenvalue weighted by molar-refractivity contribution is -0.128. The van der Waals surface area contributed by atoms with Crippen molar-refractivity contribution in [2.75, 3.05) is 107 Å². The second-order valence-corrected chi connectivity index (χ2v) is 6.61. The van der Waals surface area contributed by atoms with Gasteiger partial charge in [-0.3, -0.25) is 0 Å². The Kier molecular flexibility index (Phi) is 20.6. The Morgan fingerprint density at radius 3 is 1.62 bits per heavy atom. The molecule has 0 radical (unpaired) electrons. The van der Waals surface area contributed by atoms with Gasteiger partial charge in [-0.25, -0.2) is 0 Å². The molecule has 10 heteroatoms. The van der Waals surface area contributed by atoms with Gasteiger partial charge >= 0.3 is 0 Å². The van der Waals surface area contributed by atoms with E-state index >= 15 is 0 Å². The van der Waals surface area contributed by atoms with Crippen molar-refractivity contribution in [2.24, 2.45) is 5.41 Å². The van der Waals surface area contributed by atoms with Crippen molar-refractivity contribution in [3.8, 4) is 0 Å². The van der Waals surface area contributed by atoms with Crippen LogP contribution in [0.15, 0.2) is 0 Å². The molecule has 176 valence electrons. The van der Waals surface area contributed by atoms with Gasteiger partial charge in [0.1, 0.15) is 0 Å². The third kappa shape index (κ3) is 16.0. The molecule has 0 saturated carbocycles. The average molecular weight is 429 g/mol. The largest absolute Gasteiger partial charge is 0.394 e. The predicted octanol–water partition coefficient (Wildman–Crippen LogP) is -0.916. The van der Waals surface area contributed by atoms with E-state index < -0.39 is 5.41 Å². The van der Waals surface area contributed by atoms with Crippen LogP contribution in [0.4, 0.5) is 0 Å². The van der Waals surface area contributed by atoms with Crippen LogP contribution in [-0.4, -0.2) is 128 Å². The highest BCUT2D eigenvalue weighted by atomic mass is 16.5. The molecule has 0 aliphatic heterocycles. The Morgan fingerprint density at radius 1 is 0.621 bits per heavy atom. The topological polar surface area (TPSA) is 125 Å². The molecular weight excluding hydrogens is 388 g/mol. The van der Waals surface area contributed by atoms with Crippen molar-refractivity contribution >= 4 is 0 Å². The van der Waals surface area contributed by atoms with Crippen LogP contribution in [0.3, 0.4) is 0 Å². The molecule has 0 spiro atoms. The Morgan fingerprint density at radius 2 is 1.17 bits per heavy atom. The highest BCUT2D eigenvalue weighted by Crippen LogP contribution is 2.21. The van der Waals surface area contributed by atoms with Crippen molar-refractivity contribution in [3.05, 3.63) is 0 Å². The summed E-state index contributed by atoms with van der Waals surface area (Å²) in [5, 5.41) is 27.0. The number of methoxy groups -OCH3 is 2. The maximum atomic E-state index is 9.52. The lowest BCUT2D eigenvalue weighted by Crippen LogP contribution is -2.43. The maximum absolute atomic E-state index is 9.52. The highest BCUT2D eigenvalue weighted by molar-refractivity contribution is 4.80. The molecule has 0 amide bonds. The normalized spacial score (nSPS) is 13.1. The van der Waals surface area contributed by atoms with Crippen LogP contribution in [0.5, 0.6) is 0 Å². The van der Waals surface area contributed by atoms with E-state index in [1.54, 1.807) is 14.2 Å². The van der Waals surface area contributed by atoms with Gasteiger partial charge in [0.15, 0.2) is 0 Å². The van der Waals surface area contributed by atoms with Crippen LogP contribution < -0.4 is 0 Å². The van der Waals surface area contributed by atoms with Gasteiger partial charge in [0, 0.05) is 20.8 Å². The average Bonchev–Trinajstić information content (AvgIpc) is 2.73. The van der Waals surface area contributed by atoms with E-state index in [0.717, 1.165) is 0 Å². The van der Waals surface area contributed by atoms with Crippen LogP contribution in [-0.2, 0) is 33.2 Å². The first-order valence-electron chi connectivity index (χ1n) is 9.91. The molecule has 0 aliphatic rings. The first-order valence-corrected chi connectivity index (χ1v) is 9.91. The molecule has 0 fully saturated rings. The van der Waals surface area contributed by atoms with Crippen molar-refractivity contribution in [1.82, 2.24) is 0 Å². The maximum Gasteiger partial charge on any atom is 0.0828 e. The van der Waals surface area contributed by atoms with Gasteiger partial charge in [-0.05, 0) is 6.42 Å². The Balaban J connectivity index is 4.68. The fourth-order valence-electron chi connectivity index (χ4n) is 2.47. The summed E-state index contributed by atoms with van der Waals surface area (Å²) in [6.45, 7) is 3.53. The van der Waals surface area contributed by atoms with Crippen LogP contribution in [0.1, 0.15) is 6.42 Å². The summed E-state index contributed by atoms with van der Waals surface area (Å²) in [6.07, 6.45) is 0.217. The van der Waals surface area contributed by atoms with Gasteiger partial charge < -0.3 is 48.5 Å². The Bertz CT molecular complexity index is 316. The molecule has 0 heterocycles. The minimum absolute atomic E-state index is 0.0301. The summed E-state index contributed by atoms with van der Waals surface area (Å²) in [5.74, 6) is 0. The standard InChI is InChI=1S/C19H40O10/c1-23-6-3-18(13-22)29-17-19(14-24-2,15-27-11-9-25-7-4-20)16-28-12-10-26-8-5-21/h18,20-22H,3-17H2,1-2H3. The molecule has 29 heavy (non-hydrogen) atoms. The van der Waals surface area contributed by atoms with Crippen molar-refractivity contribution in [1.29, 1.82) is 0 Å². The van der Waals surface area contributed by atoms with E-state index in [-0.39, 0.29) is 45.7 Å². The molecule has 3 N–H and O–H groups in total. The predicted molar refractivity (Wildman–Crippen MR) is 105 cm³/mol. The molecule has 0 aromatic rings. The summed E-state index contributed by atoms with van der Waals surface area (Å²) in [5.41, 5.74) is -0.580. The molecule has 10 nitrogen and oxygen atoms in total. The SMILES string of the molecule is COCCC(CO)OCC(COC)(COCCOCCO)COCCOCCO. The van der Waals surface area contributed by atoms with Gasteiger partial charge in [0.25, 0.3) is 0 Å². The van der Waals surface area contributed by atoms with Gasteiger partial charge in [0.05, 0.1) is 97.4 Å². The number of aliphatic hydroxyl groups excluding tert-OH is 3. The van der Waals surface area contributed by atoms with Crippen LogP contribution in [0.25, 0.3) is 0 Å². The number of rotatable bonds is 23. The van der Waals surface area contributed by atoms with E-state index in [0.29, 0.717) is 59.3 Å². The zero-order valence-corrected chi connectivity index (χ0v) is 17.9. The van der Waals surface area contributed by atoms with Crippen LogP contribution in [0.2, 0.25) is 0 Å². The third-order valence-corrected chi connectivity index (χ3v) is 3.96. The van der Waals surface area contributed by atoms with E-state index in [1.165, 1.54) is 0 Å². The minimum atomic E-state index is -0.580. The number of ether oxygens (including phenoxy) is 7. The molecular formula is C19H40O10. The number of hydrogen-bond donors (Lipinski definition) is 3. The quantitative estimate of drug-likeness (QED) is 0.176. The van der Waals surface area contributed by atoms with E-state index in [4.69, 9.17) is 43.4 Å². The Labute approximate surface area is 173 Å². The van der Waals surface area contributed by atoms with Gasteiger partial charge in [-0.2, -0.15) is 0 Å². The molecule has 0 saturated heterocycles. The summed E-state index contributed by atoms with van der Waals surface area (Å²) < 4.78 is 38.2. The van der Waals surface area contributed by atoms with Crippen molar-refractivity contribution in [3.63, 3.8) is 0 Å². The summed E-state index contributed by atoms with van der Waals surface area (Å²) in [4.78, 5) is 0. The molecule has 0 rings (SSSR count). The molecule has 1 unspecified atom stereocenters. The molecule has 0 aromatic heterocycles. The van der Waals surface area contributed by atoms with E-state index in [1.807, 2.05) is 0 Å². The summed E-state index contributed by atoms with van der Waals surface area (Å²) in [6, 6.07) is 0. The molecule has 0 aromatic carbocycles. The Hall–Kier alpha value is -0.400. The fraction of sp³-hybridized carbons (Fsp3) is 1.00. The van der Waals surface area contributed by atoms with E-state index in [2.05, 4.69) is 0 Å². The molecule has 0 bridgehead atoms. The van der Waals surface area contributed by atoms with Gasteiger partial charge in [-0.15, -0.1) is 0 Å². The van der Waals surface area contributed by atoms with Gasteiger partial charge in [-0.1, -0.05) is 0 Å². The number of hydrogen-bond acceptors (Lipinski definition) is 10. The van der Waals surface area contributed by atoms with E-state index in [9.17, 15) is 5.11 Å². The van der Waals surface area contributed by atoms with Crippen molar-refractivity contribution in [2.45, 2.75) is 12.5 Å². The lowest BCUT2D eigenvalue weighted by Gasteiger charge is -2.33. The third-order valence-electron chi connectivity index (χ3n) is 3.96. The van der Waals surface area contributed by atoms with Crippen molar-refractivity contribution < 1.29 is 48.5 Å². The number of aliphatic hydroxyl groups is 3. The molecule has 0 aliphatic carbocycles. The second kappa shape index (κ2) is 20.9. The minimum Gasteiger partial charge on any atom is -0.394 e. The highest BCUT2D eigenvalue weighted by Gasteiger charge is 2.33. The van der Waals surface area contributed by atoms with Gasteiger partial charge in [0.2, 0.25) is 0 Å². The second-order valence-electron chi connectivity index (χ2n) is 6.61. The van der Waals surface area contributed by atoms with Crippen LogP contribution >= 0.6 is 0 Å². The zero-order valence-electron chi connectivity index (χ0n) is 17.9. The fourth-order valence-corrected chi connectivity index (χ4v) is 2.47. The first-order chi connectivity index (χ1) is 14.2. The zero-order chi connectivity index (χ0) is 21.6. The molecule has 1 atom stereocenters.